The molecular formula is C16H11F4NO2. The number of nitrogens with zero attached hydrogens (tertiary/aromatic N) is 1. The van der Waals surface area contributed by atoms with Gasteiger partial charge in [-0.05, 0) is 42.3 Å². The second-order valence-electron chi connectivity index (χ2n) is 4.32. The summed E-state index contributed by atoms with van der Waals surface area (Å²) in [6, 6.07) is 8.40. The van der Waals surface area contributed by atoms with Crippen LogP contribution < -0.4 is 9.47 Å². The minimum atomic E-state index is -4.53. The maximum Gasteiger partial charge on any atom is 0.461 e. The van der Waals surface area contributed by atoms with Crippen molar-refractivity contribution in [1.29, 1.82) is 0 Å². The first-order valence-electron chi connectivity index (χ1n) is 6.38. The molecule has 2 aromatic rings. The monoisotopic (exact) mass is 325 g/mol. The highest BCUT2D eigenvalue weighted by Crippen LogP contribution is 2.27. The summed E-state index contributed by atoms with van der Waals surface area (Å²) in [6.45, 7) is 0. The highest BCUT2D eigenvalue weighted by Gasteiger charge is 2.43. The maximum absolute atomic E-state index is 12.7. The van der Waals surface area contributed by atoms with Gasteiger partial charge in [-0.2, -0.15) is 17.6 Å². The Balaban J connectivity index is 2.07. The molecule has 0 bridgehead atoms. The number of hydrogen-bond acceptors (Lipinski definition) is 3. The SMILES string of the molecule is COc1ccc(C#Cc2ccc(OC(F)(F)C(F)F)cc2)nc1. The second kappa shape index (κ2) is 7.01. The summed E-state index contributed by atoms with van der Waals surface area (Å²) in [6.07, 6.45) is -6.92. The van der Waals surface area contributed by atoms with Gasteiger partial charge in [-0.25, -0.2) is 4.98 Å². The Morgan fingerprint density at radius 2 is 1.65 bits per heavy atom. The molecule has 0 fully saturated rings. The minimum Gasteiger partial charge on any atom is -0.495 e. The summed E-state index contributed by atoms with van der Waals surface area (Å²) < 4.78 is 58.5. The van der Waals surface area contributed by atoms with Gasteiger partial charge in [-0.1, -0.05) is 5.92 Å². The number of alkyl halides is 4. The number of benzene rings is 1. The van der Waals surface area contributed by atoms with E-state index in [2.05, 4.69) is 21.6 Å². The van der Waals surface area contributed by atoms with Crippen molar-refractivity contribution in [3.8, 4) is 23.3 Å². The number of hydrogen-bond donors (Lipinski definition) is 0. The average Bonchev–Trinajstić information content (AvgIpc) is 2.54. The first kappa shape index (κ1) is 16.6. The van der Waals surface area contributed by atoms with Crippen LogP contribution in [0.3, 0.4) is 0 Å². The van der Waals surface area contributed by atoms with Gasteiger partial charge in [0.15, 0.2) is 0 Å². The normalized spacial score (nSPS) is 10.9. The molecule has 0 unspecified atom stereocenters. The van der Waals surface area contributed by atoms with Gasteiger partial charge in [0, 0.05) is 5.56 Å². The predicted octanol–water partition coefficient (Wildman–Crippen LogP) is 3.73. The van der Waals surface area contributed by atoms with E-state index in [0.29, 0.717) is 17.0 Å². The third-order valence-corrected chi connectivity index (χ3v) is 2.67. The smallest absolute Gasteiger partial charge is 0.461 e. The molecule has 0 atom stereocenters. The first-order valence-corrected chi connectivity index (χ1v) is 6.38. The van der Waals surface area contributed by atoms with Crippen molar-refractivity contribution in [1.82, 2.24) is 4.98 Å². The number of pyridine rings is 1. The molecule has 0 amide bonds. The van der Waals surface area contributed by atoms with Crippen molar-refractivity contribution in [3.05, 3.63) is 53.9 Å². The number of aromatic nitrogens is 1. The Bertz CT molecular complexity index is 704. The first-order chi connectivity index (χ1) is 10.9. The number of ether oxygens (including phenoxy) is 2. The Morgan fingerprint density at radius 1 is 1.00 bits per heavy atom. The van der Waals surface area contributed by atoms with Gasteiger partial charge in [0.2, 0.25) is 0 Å². The van der Waals surface area contributed by atoms with Gasteiger partial charge < -0.3 is 9.47 Å². The summed E-state index contributed by atoms with van der Waals surface area (Å²) in [5, 5.41) is 0. The summed E-state index contributed by atoms with van der Waals surface area (Å²) in [7, 11) is 1.52. The molecule has 1 aromatic carbocycles. The number of methoxy groups -OCH3 is 1. The topological polar surface area (TPSA) is 31.4 Å². The Hall–Kier alpha value is -2.75. The van der Waals surface area contributed by atoms with Crippen LogP contribution in [0.1, 0.15) is 11.3 Å². The molecule has 1 heterocycles. The summed E-state index contributed by atoms with van der Waals surface area (Å²) in [5.74, 6) is 5.76. The highest BCUT2D eigenvalue weighted by atomic mass is 19.3. The van der Waals surface area contributed by atoms with Crippen LogP contribution in [0.4, 0.5) is 17.6 Å². The van der Waals surface area contributed by atoms with E-state index in [4.69, 9.17) is 4.74 Å². The molecule has 0 aliphatic rings. The van der Waals surface area contributed by atoms with E-state index in [-0.39, 0.29) is 5.75 Å². The fourth-order valence-corrected chi connectivity index (χ4v) is 1.52. The molecule has 1 aromatic heterocycles. The van der Waals surface area contributed by atoms with Gasteiger partial charge >= 0.3 is 12.5 Å². The number of halogens is 4. The molecule has 0 N–H and O–H groups in total. The van der Waals surface area contributed by atoms with Crippen molar-refractivity contribution in [2.45, 2.75) is 12.5 Å². The average molecular weight is 325 g/mol. The van der Waals surface area contributed by atoms with Crippen LogP contribution in [0.25, 0.3) is 0 Å². The van der Waals surface area contributed by atoms with Gasteiger partial charge in [0.25, 0.3) is 0 Å². The van der Waals surface area contributed by atoms with Crippen molar-refractivity contribution < 1.29 is 27.0 Å². The third kappa shape index (κ3) is 4.61. The highest BCUT2D eigenvalue weighted by molar-refractivity contribution is 5.42. The van der Waals surface area contributed by atoms with E-state index >= 15 is 0 Å². The van der Waals surface area contributed by atoms with Crippen molar-refractivity contribution in [2.75, 3.05) is 7.11 Å². The van der Waals surface area contributed by atoms with Crippen LogP contribution in [-0.4, -0.2) is 24.6 Å². The zero-order chi connectivity index (χ0) is 16.9. The molecule has 0 spiro atoms. The zero-order valence-corrected chi connectivity index (χ0v) is 11.9. The van der Waals surface area contributed by atoms with E-state index in [1.807, 2.05) is 0 Å². The molecule has 0 radical (unpaired) electrons. The summed E-state index contributed by atoms with van der Waals surface area (Å²) in [4.78, 5) is 4.04. The Kier molecular flexibility index (Phi) is 5.06. The van der Waals surface area contributed by atoms with Crippen molar-refractivity contribution >= 4 is 0 Å². The quantitative estimate of drug-likeness (QED) is 0.634. The Morgan fingerprint density at radius 3 is 2.17 bits per heavy atom. The molecule has 2 rings (SSSR count). The van der Waals surface area contributed by atoms with Gasteiger partial charge in [-0.3, -0.25) is 0 Å². The summed E-state index contributed by atoms with van der Waals surface area (Å²) >= 11 is 0. The largest absolute Gasteiger partial charge is 0.495 e. The molecule has 0 aliphatic carbocycles. The van der Waals surface area contributed by atoms with Gasteiger partial charge in [0.1, 0.15) is 17.2 Å². The fraction of sp³-hybridized carbons (Fsp3) is 0.188. The minimum absolute atomic E-state index is 0.372. The van der Waals surface area contributed by atoms with Gasteiger partial charge in [0.05, 0.1) is 13.3 Å². The van der Waals surface area contributed by atoms with Crippen LogP contribution in [0.5, 0.6) is 11.5 Å². The van der Waals surface area contributed by atoms with Crippen LogP contribution in [0.2, 0.25) is 0 Å². The molecule has 0 saturated heterocycles. The molecular weight excluding hydrogens is 314 g/mol. The lowest BCUT2D eigenvalue weighted by atomic mass is 10.2. The molecule has 3 nitrogen and oxygen atoms in total. The predicted molar refractivity (Wildman–Crippen MR) is 74.8 cm³/mol. The molecule has 23 heavy (non-hydrogen) atoms. The second-order valence-corrected chi connectivity index (χ2v) is 4.32. The fourth-order valence-electron chi connectivity index (χ4n) is 1.52. The lowest BCUT2D eigenvalue weighted by molar-refractivity contribution is -0.253. The van der Waals surface area contributed by atoms with E-state index in [9.17, 15) is 17.6 Å². The van der Waals surface area contributed by atoms with Crippen LogP contribution in [-0.2, 0) is 0 Å². The molecule has 120 valence electrons. The molecule has 0 saturated carbocycles. The molecule has 7 heteroatoms. The van der Waals surface area contributed by atoms with Gasteiger partial charge in [-0.15, -0.1) is 0 Å². The van der Waals surface area contributed by atoms with E-state index < -0.39 is 12.5 Å². The number of rotatable bonds is 4. The standard InChI is InChI=1S/C16H11F4NO2/c1-22-14-9-6-12(21-10-14)5-2-11-3-7-13(8-4-11)23-16(19,20)15(17)18/h3-4,6-10,15H,1H3. The van der Waals surface area contributed by atoms with E-state index in [1.54, 1.807) is 12.1 Å². The van der Waals surface area contributed by atoms with Crippen molar-refractivity contribution in [2.24, 2.45) is 0 Å². The van der Waals surface area contributed by atoms with Crippen molar-refractivity contribution in [3.63, 3.8) is 0 Å². The Labute approximate surface area is 129 Å². The molecule has 0 aliphatic heterocycles. The van der Waals surface area contributed by atoms with E-state index in [1.165, 1.54) is 25.4 Å². The van der Waals surface area contributed by atoms with E-state index in [0.717, 1.165) is 12.1 Å². The van der Waals surface area contributed by atoms with Crippen LogP contribution >= 0.6 is 0 Å². The lowest BCUT2D eigenvalue weighted by Crippen LogP contribution is -2.33. The van der Waals surface area contributed by atoms with Crippen LogP contribution in [0, 0.1) is 11.8 Å². The summed E-state index contributed by atoms with van der Waals surface area (Å²) in [5.41, 5.74) is 0.991. The van der Waals surface area contributed by atoms with Crippen LogP contribution in [0.15, 0.2) is 42.6 Å². The zero-order valence-electron chi connectivity index (χ0n) is 11.9. The third-order valence-electron chi connectivity index (χ3n) is 2.67. The lowest BCUT2D eigenvalue weighted by Gasteiger charge is -2.16. The maximum atomic E-state index is 12.7.